The number of carbonyl (C=O) groups excluding carboxylic acids is 4. The van der Waals surface area contributed by atoms with Gasteiger partial charge in [0.05, 0.1) is 18.3 Å². The van der Waals surface area contributed by atoms with E-state index in [1.165, 1.54) is 43.3 Å². The second-order valence-electron chi connectivity index (χ2n) is 12.2. The van der Waals surface area contributed by atoms with Crippen LogP contribution in [0.4, 0.5) is 13.2 Å². The van der Waals surface area contributed by atoms with Crippen LogP contribution in [0.2, 0.25) is 0 Å². The molecule has 2 amide bonds. The number of carbonyl (C=O) groups is 4. The van der Waals surface area contributed by atoms with Crippen LogP contribution in [-0.4, -0.2) is 90.4 Å². The summed E-state index contributed by atoms with van der Waals surface area (Å²) in [6.07, 6.45) is -5.78. The number of esters is 2. The first kappa shape index (κ1) is 38.9. The van der Waals surface area contributed by atoms with E-state index in [1.54, 1.807) is 48.5 Å². The van der Waals surface area contributed by atoms with Crippen molar-refractivity contribution in [3.63, 3.8) is 0 Å². The van der Waals surface area contributed by atoms with E-state index >= 15 is 0 Å². The number of aliphatic hydroxyl groups excluding tert-OH is 2. The first-order chi connectivity index (χ1) is 25.3. The van der Waals surface area contributed by atoms with Crippen LogP contribution >= 0.6 is 0 Å². The number of alkyl halides is 3. The topological polar surface area (TPSA) is 170 Å². The maximum Gasteiger partial charge on any atom is 0.422 e. The number of hydrogen-bond acceptors (Lipinski definition) is 10. The average Bonchev–Trinajstić information content (AvgIpc) is 3.56. The molecule has 1 fully saturated rings. The lowest BCUT2D eigenvalue weighted by molar-refractivity contribution is -0.182. The maximum atomic E-state index is 13.7. The highest BCUT2D eigenvalue weighted by atomic mass is 19.4. The van der Waals surface area contributed by atoms with Crippen LogP contribution in [0.15, 0.2) is 103 Å². The Kier molecular flexibility index (Phi) is 12.5. The van der Waals surface area contributed by atoms with Crippen LogP contribution in [0.5, 0.6) is 0 Å². The lowest BCUT2D eigenvalue weighted by Crippen LogP contribution is -2.54. The molecule has 4 N–H and O–H groups in total. The SMILES string of the molecule is CC(O)C(NC(=O)C1=CC2OC(c3ccccc3)(c3ccccc3)OC2C(OC(=O)c2cccc(C=CC(=O)OCC(F)(F)F)c2)C1)C(=O)NCCO. The highest BCUT2D eigenvalue weighted by Crippen LogP contribution is 2.47. The van der Waals surface area contributed by atoms with Crippen molar-refractivity contribution in [1.29, 1.82) is 0 Å². The van der Waals surface area contributed by atoms with Crippen molar-refractivity contribution in [1.82, 2.24) is 10.6 Å². The Morgan fingerprint density at radius 2 is 1.64 bits per heavy atom. The number of aliphatic hydroxyl groups is 2. The molecule has 3 aromatic rings. The highest BCUT2D eigenvalue weighted by molar-refractivity contribution is 5.98. The van der Waals surface area contributed by atoms with E-state index in [0.717, 1.165) is 6.08 Å². The predicted octanol–water partition coefficient (Wildman–Crippen LogP) is 3.32. The third-order valence-corrected chi connectivity index (χ3v) is 8.31. The van der Waals surface area contributed by atoms with Gasteiger partial charge in [0.1, 0.15) is 24.4 Å². The van der Waals surface area contributed by atoms with Crippen molar-refractivity contribution in [2.75, 3.05) is 19.8 Å². The van der Waals surface area contributed by atoms with E-state index in [2.05, 4.69) is 15.4 Å². The number of halogens is 3. The monoisotopic (exact) mass is 738 g/mol. The zero-order chi connectivity index (χ0) is 38.2. The summed E-state index contributed by atoms with van der Waals surface area (Å²) in [5.41, 5.74) is 1.60. The van der Waals surface area contributed by atoms with E-state index in [9.17, 15) is 37.5 Å². The molecule has 5 atom stereocenters. The molecule has 0 saturated carbocycles. The smallest absolute Gasteiger partial charge is 0.422 e. The summed E-state index contributed by atoms with van der Waals surface area (Å²) in [5.74, 6) is -5.06. The minimum Gasteiger partial charge on any atom is -0.456 e. The van der Waals surface area contributed by atoms with Gasteiger partial charge in [-0.2, -0.15) is 13.2 Å². The normalized spacial score (nSPS) is 20.4. The van der Waals surface area contributed by atoms with E-state index in [4.69, 9.17) is 19.3 Å². The van der Waals surface area contributed by atoms with Crippen LogP contribution in [0.3, 0.4) is 0 Å². The lowest BCUT2D eigenvalue weighted by atomic mass is 9.91. The molecule has 0 radical (unpaired) electrons. The molecule has 53 heavy (non-hydrogen) atoms. The zero-order valence-electron chi connectivity index (χ0n) is 28.3. The Bertz CT molecular complexity index is 1790. The Morgan fingerprint density at radius 3 is 2.25 bits per heavy atom. The molecule has 0 spiro atoms. The second kappa shape index (κ2) is 17.0. The minimum absolute atomic E-state index is 0.0129. The third kappa shape index (κ3) is 9.75. The fraction of sp³-hybridized carbons (Fsp3) is 0.316. The van der Waals surface area contributed by atoms with Crippen molar-refractivity contribution in [3.05, 3.63) is 125 Å². The number of rotatable bonds is 13. The molecule has 0 bridgehead atoms. The predicted molar refractivity (Wildman–Crippen MR) is 182 cm³/mol. The number of nitrogens with one attached hydrogen (secondary N) is 2. The number of amides is 2. The molecule has 280 valence electrons. The van der Waals surface area contributed by atoms with Crippen LogP contribution < -0.4 is 10.6 Å². The van der Waals surface area contributed by atoms with Gasteiger partial charge in [0, 0.05) is 35.7 Å². The van der Waals surface area contributed by atoms with Crippen molar-refractivity contribution < 1.29 is 61.5 Å². The van der Waals surface area contributed by atoms with Crippen molar-refractivity contribution in [2.24, 2.45) is 0 Å². The molecule has 2 aliphatic rings. The summed E-state index contributed by atoms with van der Waals surface area (Å²) in [5, 5.41) is 24.3. The fourth-order valence-corrected chi connectivity index (χ4v) is 5.86. The molecular formula is C38H37F3N2O10. The Balaban J connectivity index is 1.44. The molecule has 15 heteroatoms. The first-order valence-corrected chi connectivity index (χ1v) is 16.6. The van der Waals surface area contributed by atoms with E-state index in [1.807, 2.05) is 12.1 Å². The van der Waals surface area contributed by atoms with Crippen LogP contribution in [-0.2, 0) is 39.1 Å². The molecule has 1 saturated heterocycles. The van der Waals surface area contributed by atoms with Crippen molar-refractivity contribution >= 4 is 29.8 Å². The van der Waals surface area contributed by atoms with Gasteiger partial charge in [0.15, 0.2) is 6.61 Å². The fourth-order valence-electron chi connectivity index (χ4n) is 5.86. The van der Waals surface area contributed by atoms with Crippen LogP contribution in [0.25, 0.3) is 6.08 Å². The molecule has 3 aromatic carbocycles. The summed E-state index contributed by atoms with van der Waals surface area (Å²) >= 11 is 0. The summed E-state index contributed by atoms with van der Waals surface area (Å²) in [6.45, 7) is -0.897. The van der Waals surface area contributed by atoms with Gasteiger partial charge in [0.2, 0.25) is 17.6 Å². The zero-order valence-corrected chi connectivity index (χ0v) is 28.3. The quantitative estimate of drug-likeness (QED) is 0.151. The van der Waals surface area contributed by atoms with Gasteiger partial charge in [-0.15, -0.1) is 0 Å². The number of hydrogen-bond donors (Lipinski definition) is 4. The molecule has 1 aliphatic heterocycles. The van der Waals surface area contributed by atoms with Gasteiger partial charge in [-0.25, -0.2) is 9.59 Å². The van der Waals surface area contributed by atoms with Gasteiger partial charge in [-0.05, 0) is 36.8 Å². The van der Waals surface area contributed by atoms with Gasteiger partial charge < -0.3 is 39.8 Å². The van der Waals surface area contributed by atoms with Crippen LogP contribution in [0, 0.1) is 0 Å². The van der Waals surface area contributed by atoms with Gasteiger partial charge in [-0.3, -0.25) is 9.59 Å². The highest BCUT2D eigenvalue weighted by Gasteiger charge is 2.55. The van der Waals surface area contributed by atoms with E-state index < -0.39 is 72.8 Å². The molecule has 5 rings (SSSR count). The molecule has 5 unspecified atom stereocenters. The number of fused-ring (bicyclic) bond motifs is 1. The van der Waals surface area contributed by atoms with E-state index in [0.29, 0.717) is 11.1 Å². The third-order valence-electron chi connectivity index (χ3n) is 8.31. The number of ether oxygens (including phenoxy) is 4. The van der Waals surface area contributed by atoms with Gasteiger partial charge in [-0.1, -0.05) is 72.8 Å². The molecule has 0 aromatic heterocycles. The molecule has 1 aliphatic carbocycles. The Morgan fingerprint density at radius 1 is 0.981 bits per heavy atom. The van der Waals surface area contributed by atoms with Crippen molar-refractivity contribution in [3.8, 4) is 0 Å². The average molecular weight is 739 g/mol. The summed E-state index contributed by atoms with van der Waals surface area (Å²) in [6, 6.07) is 22.4. The maximum absolute atomic E-state index is 13.7. The molecule has 12 nitrogen and oxygen atoms in total. The minimum atomic E-state index is -4.69. The Hall–Kier alpha value is -5.35. The lowest BCUT2D eigenvalue weighted by Gasteiger charge is -2.31. The largest absolute Gasteiger partial charge is 0.456 e. The summed E-state index contributed by atoms with van der Waals surface area (Å²) in [4.78, 5) is 51.8. The summed E-state index contributed by atoms with van der Waals surface area (Å²) < 4.78 is 60.7. The standard InChI is InChI=1S/C38H37F3N2O10/c1-23(45)32(35(48)42-17-18-44)43-34(47)26-20-29(51-36(49)25-10-8-9-24(19-25)15-16-31(46)50-22-37(39,40)41)33-30(21-26)52-38(53-33,27-11-4-2-5-12-27)28-13-6-3-7-14-28/h2-16,19,21,23,29-30,32-33,44-45H,17-18,20,22H2,1H3,(H,42,48)(H,43,47). The second-order valence-corrected chi connectivity index (χ2v) is 12.2. The first-order valence-electron chi connectivity index (χ1n) is 16.6. The van der Waals surface area contributed by atoms with E-state index in [-0.39, 0.29) is 36.3 Å². The molecular weight excluding hydrogens is 701 g/mol. The summed E-state index contributed by atoms with van der Waals surface area (Å²) in [7, 11) is 0. The Labute approximate surface area is 302 Å². The number of benzene rings is 3. The molecule has 1 heterocycles. The van der Waals surface area contributed by atoms with Gasteiger partial charge >= 0.3 is 18.1 Å². The van der Waals surface area contributed by atoms with Crippen molar-refractivity contribution in [2.45, 2.75) is 55.8 Å². The van der Waals surface area contributed by atoms with Crippen LogP contribution in [0.1, 0.15) is 40.4 Å². The van der Waals surface area contributed by atoms with Gasteiger partial charge in [0.25, 0.3) is 0 Å².